The fourth-order valence-electron chi connectivity index (χ4n) is 3.67. The van der Waals surface area contributed by atoms with E-state index in [1.807, 2.05) is 4.90 Å². The predicted molar refractivity (Wildman–Crippen MR) is 80.4 cm³/mol. The maximum Gasteiger partial charge on any atom is 0.222 e. The predicted octanol–water partition coefficient (Wildman–Crippen LogP) is 2.31. The van der Waals surface area contributed by atoms with Crippen molar-refractivity contribution in [2.45, 2.75) is 69.9 Å². The van der Waals surface area contributed by atoms with Gasteiger partial charge in [0, 0.05) is 32.7 Å². The van der Waals surface area contributed by atoms with Crippen LogP contribution in [0.4, 0.5) is 0 Å². The number of rotatable bonds is 4. The lowest BCUT2D eigenvalue weighted by atomic mass is 9.83. The highest BCUT2D eigenvalue weighted by Gasteiger charge is 2.33. The maximum absolute atomic E-state index is 12.4. The summed E-state index contributed by atoms with van der Waals surface area (Å²) in [5.41, 5.74) is 5.86. The normalized spacial score (nSPS) is 35.0. The summed E-state index contributed by atoms with van der Waals surface area (Å²) >= 11 is 0. The number of piperidine rings is 1. The summed E-state index contributed by atoms with van der Waals surface area (Å²) in [6.07, 6.45) is 8.51. The van der Waals surface area contributed by atoms with E-state index in [2.05, 4.69) is 6.92 Å². The second kappa shape index (κ2) is 6.90. The van der Waals surface area contributed by atoms with Gasteiger partial charge in [-0.3, -0.25) is 4.79 Å². The number of amides is 1. The second-order valence-corrected chi connectivity index (χ2v) is 6.90. The molecule has 4 nitrogen and oxygen atoms in total. The van der Waals surface area contributed by atoms with Crippen LogP contribution in [0.3, 0.4) is 0 Å². The third-order valence-corrected chi connectivity index (χ3v) is 5.09. The van der Waals surface area contributed by atoms with Gasteiger partial charge in [0.1, 0.15) is 0 Å². The molecule has 3 unspecified atom stereocenters. The number of hydrogen-bond acceptors (Lipinski definition) is 3. The van der Waals surface area contributed by atoms with Gasteiger partial charge >= 0.3 is 0 Å². The van der Waals surface area contributed by atoms with Crippen LogP contribution in [0.5, 0.6) is 0 Å². The number of methoxy groups -OCH3 is 1. The summed E-state index contributed by atoms with van der Waals surface area (Å²) in [6.45, 7) is 3.74. The number of nitrogens with zero attached hydrogens (tertiary/aromatic N) is 1. The highest BCUT2D eigenvalue weighted by molar-refractivity contribution is 5.76. The monoisotopic (exact) mass is 282 g/mol. The minimum absolute atomic E-state index is 0.152. The van der Waals surface area contributed by atoms with Gasteiger partial charge < -0.3 is 15.4 Å². The van der Waals surface area contributed by atoms with Gasteiger partial charge in [-0.2, -0.15) is 0 Å². The minimum Gasteiger partial charge on any atom is -0.377 e. The van der Waals surface area contributed by atoms with E-state index in [0.717, 1.165) is 45.2 Å². The molecule has 0 aromatic carbocycles. The summed E-state index contributed by atoms with van der Waals surface area (Å²) in [5.74, 6) is 0.952. The van der Waals surface area contributed by atoms with E-state index in [1.165, 1.54) is 12.8 Å². The SMILES string of the molecule is COC1(C)CCCN(C(=O)CCC2CCCC(N)C2)C1. The van der Waals surface area contributed by atoms with Crippen molar-refractivity contribution in [2.75, 3.05) is 20.2 Å². The molecule has 0 aromatic rings. The number of ether oxygens (including phenoxy) is 1. The molecule has 4 heteroatoms. The number of likely N-dealkylation sites (tertiary alicyclic amines) is 1. The van der Waals surface area contributed by atoms with E-state index in [4.69, 9.17) is 10.5 Å². The van der Waals surface area contributed by atoms with Crippen LogP contribution in [0, 0.1) is 5.92 Å². The Kier molecular flexibility index (Phi) is 5.44. The smallest absolute Gasteiger partial charge is 0.222 e. The van der Waals surface area contributed by atoms with Crippen molar-refractivity contribution in [3.8, 4) is 0 Å². The quantitative estimate of drug-likeness (QED) is 0.861. The van der Waals surface area contributed by atoms with Gasteiger partial charge in [0.15, 0.2) is 0 Å². The van der Waals surface area contributed by atoms with Crippen LogP contribution in [0.25, 0.3) is 0 Å². The highest BCUT2D eigenvalue weighted by atomic mass is 16.5. The maximum atomic E-state index is 12.4. The molecule has 1 heterocycles. The van der Waals surface area contributed by atoms with Gasteiger partial charge in [0.2, 0.25) is 5.91 Å². The summed E-state index contributed by atoms with van der Waals surface area (Å²) < 4.78 is 5.56. The van der Waals surface area contributed by atoms with Crippen molar-refractivity contribution in [1.82, 2.24) is 4.90 Å². The standard InChI is InChI=1S/C16H30N2O2/c1-16(20-2)9-4-10-18(12-16)15(19)8-7-13-5-3-6-14(17)11-13/h13-14H,3-12,17H2,1-2H3. The summed E-state index contributed by atoms with van der Waals surface area (Å²) in [7, 11) is 1.75. The van der Waals surface area contributed by atoms with Gasteiger partial charge in [-0.25, -0.2) is 0 Å². The number of carbonyl (C=O) groups excluding carboxylic acids is 1. The second-order valence-electron chi connectivity index (χ2n) is 6.90. The zero-order chi connectivity index (χ0) is 14.6. The molecule has 1 aliphatic carbocycles. The Labute approximate surface area is 123 Å². The van der Waals surface area contributed by atoms with Crippen molar-refractivity contribution < 1.29 is 9.53 Å². The lowest BCUT2D eigenvalue weighted by molar-refractivity contribution is -0.139. The Hall–Kier alpha value is -0.610. The van der Waals surface area contributed by atoms with Crippen molar-refractivity contribution in [1.29, 1.82) is 0 Å². The van der Waals surface area contributed by atoms with Crippen LogP contribution in [0.2, 0.25) is 0 Å². The van der Waals surface area contributed by atoms with E-state index in [-0.39, 0.29) is 5.60 Å². The third kappa shape index (κ3) is 4.19. The Balaban J connectivity index is 1.76. The first-order chi connectivity index (χ1) is 9.52. The van der Waals surface area contributed by atoms with Gasteiger partial charge in [-0.05, 0) is 44.9 Å². The molecular weight excluding hydrogens is 252 g/mol. The molecule has 1 saturated carbocycles. The molecule has 3 atom stereocenters. The first kappa shape index (κ1) is 15.8. The third-order valence-electron chi connectivity index (χ3n) is 5.09. The zero-order valence-corrected chi connectivity index (χ0v) is 13.1. The Bertz CT molecular complexity index is 334. The first-order valence-electron chi connectivity index (χ1n) is 8.11. The summed E-state index contributed by atoms with van der Waals surface area (Å²) in [4.78, 5) is 14.4. The minimum atomic E-state index is -0.152. The molecule has 2 N–H and O–H groups in total. The highest BCUT2D eigenvalue weighted by Crippen LogP contribution is 2.28. The average Bonchev–Trinajstić information content (AvgIpc) is 2.45. The van der Waals surface area contributed by atoms with Crippen LogP contribution in [0.15, 0.2) is 0 Å². The fourth-order valence-corrected chi connectivity index (χ4v) is 3.67. The van der Waals surface area contributed by atoms with Gasteiger partial charge in [-0.1, -0.05) is 12.8 Å². The molecular formula is C16H30N2O2. The Morgan fingerprint density at radius 3 is 2.90 bits per heavy atom. The largest absolute Gasteiger partial charge is 0.377 e. The van der Waals surface area contributed by atoms with E-state index in [9.17, 15) is 4.79 Å². The molecule has 2 fully saturated rings. The molecule has 0 radical (unpaired) electrons. The molecule has 0 aromatic heterocycles. The van der Waals surface area contributed by atoms with Gasteiger partial charge in [-0.15, -0.1) is 0 Å². The molecule has 0 bridgehead atoms. The van der Waals surface area contributed by atoms with Crippen LogP contribution in [0.1, 0.15) is 58.3 Å². The van der Waals surface area contributed by atoms with E-state index in [0.29, 0.717) is 24.3 Å². The molecule has 1 amide bonds. The first-order valence-corrected chi connectivity index (χ1v) is 8.11. The van der Waals surface area contributed by atoms with E-state index in [1.54, 1.807) is 7.11 Å². The summed E-state index contributed by atoms with van der Waals surface area (Å²) in [5, 5.41) is 0. The number of nitrogens with two attached hydrogens (primary N) is 1. The molecule has 2 rings (SSSR count). The Morgan fingerprint density at radius 2 is 2.20 bits per heavy atom. The van der Waals surface area contributed by atoms with Crippen LogP contribution in [-0.4, -0.2) is 42.6 Å². The van der Waals surface area contributed by atoms with Crippen molar-refractivity contribution in [3.05, 3.63) is 0 Å². The number of carbonyl (C=O) groups is 1. The van der Waals surface area contributed by atoms with Crippen molar-refractivity contribution in [2.24, 2.45) is 11.7 Å². The lowest BCUT2D eigenvalue weighted by Crippen LogP contribution is -2.49. The molecule has 116 valence electrons. The van der Waals surface area contributed by atoms with Crippen molar-refractivity contribution >= 4 is 5.91 Å². The zero-order valence-electron chi connectivity index (χ0n) is 13.1. The Morgan fingerprint density at radius 1 is 1.40 bits per heavy atom. The molecule has 0 spiro atoms. The fraction of sp³-hybridized carbons (Fsp3) is 0.938. The molecule has 1 saturated heterocycles. The van der Waals surface area contributed by atoms with E-state index >= 15 is 0 Å². The van der Waals surface area contributed by atoms with E-state index < -0.39 is 0 Å². The molecule has 1 aliphatic heterocycles. The topological polar surface area (TPSA) is 55.6 Å². The summed E-state index contributed by atoms with van der Waals surface area (Å²) in [6, 6.07) is 0.357. The average molecular weight is 282 g/mol. The van der Waals surface area contributed by atoms with Gasteiger partial charge in [0.05, 0.1) is 5.60 Å². The van der Waals surface area contributed by atoms with Crippen LogP contribution >= 0.6 is 0 Å². The van der Waals surface area contributed by atoms with Crippen molar-refractivity contribution in [3.63, 3.8) is 0 Å². The van der Waals surface area contributed by atoms with Crippen LogP contribution in [-0.2, 0) is 9.53 Å². The molecule has 20 heavy (non-hydrogen) atoms. The lowest BCUT2D eigenvalue weighted by Gasteiger charge is -2.39. The van der Waals surface area contributed by atoms with Gasteiger partial charge in [0.25, 0.3) is 0 Å². The number of hydrogen-bond donors (Lipinski definition) is 1. The van der Waals surface area contributed by atoms with Crippen LogP contribution < -0.4 is 5.73 Å². The molecule has 2 aliphatic rings.